The van der Waals surface area contributed by atoms with Crippen molar-refractivity contribution in [3.05, 3.63) is 54.1 Å². The molecule has 0 aliphatic carbocycles. The van der Waals surface area contributed by atoms with Crippen LogP contribution in [0.5, 0.6) is 0 Å². The normalized spacial score (nSPS) is 15.7. The molecule has 1 atom stereocenters. The van der Waals surface area contributed by atoms with E-state index in [0.717, 1.165) is 6.42 Å². The van der Waals surface area contributed by atoms with Crippen molar-refractivity contribution in [1.29, 1.82) is 0 Å². The topological polar surface area (TPSA) is 3.01 Å². The van der Waals surface area contributed by atoms with Gasteiger partial charge in [-0.2, -0.15) is 4.58 Å². The highest BCUT2D eigenvalue weighted by Crippen LogP contribution is 2.36. The summed E-state index contributed by atoms with van der Waals surface area (Å²) < 4.78 is 2.48. The highest BCUT2D eigenvalue weighted by Gasteiger charge is 2.32. The zero-order valence-corrected chi connectivity index (χ0v) is 11.9. The summed E-state index contributed by atoms with van der Waals surface area (Å²) in [5.41, 5.74) is 4.06. The molecule has 1 heterocycles. The molecule has 0 bridgehead atoms. The van der Waals surface area contributed by atoms with Crippen molar-refractivity contribution in [2.45, 2.75) is 33.2 Å². The van der Waals surface area contributed by atoms with E-state index >= 15 is 0 Å². The molecular weight excluding hydrogens is 230 g/mol. The molecule has 0 aromatic heterocycles. The molecule has 2 aromatic carbocycles. The van der Waals surface area contributed by atoms with Crippen molar-refractivity contribution < 1.29 is 4.58 Å². The summed E-state index contributed by atoms with van der Waals surface area (Å²) in [6, 6.07) is 13.7. The number of hydrogen-bond acceptors (Lipinski definition) is 0. The van der Waals surface area contributed by atoms with E-state index in [1.807, 2.05) is 0 Å². The van der Waals surface area contributed by atoms with E-state index in [1.165, 1.54) is 27.7 Å². The number of rotatable bonds is 3. The van der Waals surface area contributed by atoms with Crippen molar-refractivity contribution in [3.63, 3.8) is 0 Å². The molecule has 0 spiro atoms. The van der Waals surface area contributed by atoms with Gasteiger partial charge in [-0.3, -0.25) is 0 Å². The Bertz CT molecular complexity index is 687. The van der Waals surface area contributed by atoms with Gasteiger partial charge in [-0.1, -0.05) is 37.3 Å². The fourth-order valence-corrected chi connectivity index (χ4v) is 2.98. The van der Waals surface area contributed by atoms with Gasteiger partial charge in [-0.15, -0.1) is 0 Å². The average Bonchev–Trinajstić information content (AvgIpc) is 2.76. The van der Waals surface area contributed by atoms with Crippen LogP contribution in [0.25, 0.3) is 10.8 Å². The van der Waals surface area contributed by atoms with Crippen molar-refractivity contribution in [2.24, 2.45) is 0 Å². The fraction of sp³-hybridized carbons (Fsp3) is 0.278. The van der Waals surface area contributed by atoms with Gasteiger partial charge in [0.2, 0.25) is 11.4 Å². The third kappa shape index (κ3) is 1.73. The molecule has 1 unspecified atom stereocenters. The molecule has 0 saturated heterocycles. The molecule has 1 heteroatoms. The lowest BCUT2D eigenvalue weighted by atomic mass is 10.0. The van der Waals surface area contributed by atoms with Gasteiger partial charge in [0.15, 0.2) is 6.04 Å². The lowest BCUT2D eigenvalue weighted by Gasteiger charge is -2.08. The molecule has 2 aromatic rings. The monoisotopic (exact) mass is 250 g/mol. The average molecular weight is 250 g/mol. The Hall–Kier alpha value is -1.89. The van der Waals surface area contributed by atoms with E-state index in [9.17, 15) is 0 Å². The van der Waals surface area contributed by atoms with Crippen LogP contribution in [0.1, 0.15) is 32.8 Å². The van der Waals surface area contributed by atoms with Crippen LogP contribution in [-0.4, -0.2) is 16.3 Å². The maximum Gasteiger partial charge on any atom is 0.214 e. The van der Waals surface area contributed by atoms with E-state index in [-0.39, 0.29) is 0 Å². The summed E-state index contributed by atoms with van der Waals surface area (Å²) in [6.07, 6.45) is 5.52. The van der Waals surface area contributed by atoms with Crippen LogP contribution in [-0.2, 0) is 0 Å². The highest BCUT2D eigenvalue weighted by molar-refractivity contribution is 6.19. The SMILES string of the molecule is C/C=C/C1=[N+](C(C)CC)c2cccc3cccc1c23. The smallest absolute Gasteiger partial charge is 0.189 e. The van der Waals surface area contributed by atoms with Crippen LogP contribution in [0, 0.1) is 0 Å². The van der Waals surface area contributed by atoms with Crippen molar-refractivity contribution in [1.82, 2.24) is 0 Å². The molecule has 1 aliphatic heterocycles. The lowest BCUT2D eigenvalue weighted by Crippen LogP contribution is -2.21. The zero-order valence-electron chi connectivity index (χ0n) is 11.9. The lowest BCUT2D eigenvalue weighted by molar-refractivity contribution is -0.476. The number of hydrogen-bond donors (Lipinski definition) is 0. The summed E-state index contributed by atoms with van der Waals surface area (Å²) >= 11 is 0. The van der Waals surface area contributed by atoms with Crippen LogP contribution in [0.4, 0.5) is 5.69 Å². The first kappa shape index (κ1) is 12.2. The largest absolute Gasteiger partial charge is 0.214 e. The van der Waals surface area contributed by atoms with Gasteiger partial charge in [-0.25, -0.2) is 0 Å². The van der Waals surface area contributed by atoms with Crippen LogP contribution in [0.3, 0.4) is 0 Å². The van der Waals surface area contributed by atoms with Crippen molar-refractivity contribution >= 4 is 22.2 Å². The Morgan fingerprint density at radius 1 is 1.16 bits per heavy atom. The molecule has 3 rings (SSSR count). The standard InChI is InChI=1S/C18H20N/c1-4-8-16-15-11-6-9-14-10-7-12-17(18(14)15)19(16)13(3)5-2/h4,6-13H,5H2,1-3H3/q+1/b8-4+. The van der Waals surface area contributed by atoms with Crippen LogP contribution in [0.2, 0.25) is 0 Å². The first-order valence-corrected chi connectivity index (χ1v) is 7.09. The van der Waals surface area contributed by atoms with Gasteiger partial charge in [0.1, 0.15) is 0 Å². The molecule has 1 aliphatic rings. The molecule has 0 amide bonds. The van der Waals surface area contributed by atoms with E-state index in [0.29, 0.717) is 6.04 Å². The second kappa shape index (κ2) is 4.65. The molecule has 0 N–H and O–H groups in total. The van der Waals surface area contributed by atoms with Gasteiger partial charge in [0, 0.05) is 18.6 Å². The van der Waals surface area contributed by atoms with Gasteiger partial charge in [0.05, 0.1) is 10.9 Å². The van der Waals surface area contributed by atoms with Crippen LogP contribution < -0.4 is 0 Å². The Morgan fingerprint density at radius 3 is 2.58 bits per heavy atom. The zero-order chi connectivity index (χ0) is 13.4. The summed E-state index contributed by atoms with van der Waals surface area (Å²) in [5.74, 6) is 0. The van der Waals surface area contributed by atoms with E-state index in [2.05, 4.69) is 73.9 Å². The number of allylic oxidation sites excluding steroid dienone is 2. The summed E-state index contributed by atoms with van der Waals surface area (Å²) in [4.78, 5) is 0. The van der Waals surface area contributed by atoms with Gasteiger partial charge in [-0.05, 0) is 25.3 Å². The third-order valence-electron chi connectivity index (χ3n) is 4.03. The highest BCUT2D eigenvalue weighted by atomic mass is 15.1. The summed E-state index contributed by atoms with van der Waals surface area (Å²) in [5, 5.41) is 2.74. The second-order valence-corrected chi connectivity index (χ2v) is 5.19. The fourth-order valence-electron chi connectivity index (χ4n) is 2.98. The van der Waals surface area contributed by atoms with Crippen molar-refractivity contribution in [2.75, 3.05) is 0 Å². The molecule has 0 radical (unpaired) electrons. The Morgan fingerprint density at radius 2 is 1.89 bits per heavy atom. The first-order valence-electron chi connectivity index (χ1n) is 7.09. The first-order chi connectivity index (χ1) is 9.27. The minimum atomic E-state index is 0.518. The molecule has 0 saturated carbocycles. The Balaban J connectivity index is 2.38. The van der Waals surface area contributed by atoms with Crippen LogP contribution >= 0.6 is 0 Å². The minimum Gasteiger partial charge on any atom is -0.189 e. The Kier molecular flexibility index (Phi) is 2.98. The second-order valence-electron chi connectivity index (χ2n) is 5.19. The summed E-state index contributed by atoms with van der Waals surface area (Å²) in [7, 11) is 0. The minimum absolute atomic E-state index is 0.518. The maximum absolute atomic E-state index is 2.48. The van der Waals surface area contributed by atoms with Crippen molar-refractivity contribution in [3.8, 4) is 0 Å². The maximum atomic E-state index is 2.48. The van der Waals surface area contributed by atoms with E-state index < -0.39 is 0 Å². The quantitative estimate of drug-likeness (QED) is 0.697. The Labute approximate surface area is 114 Å². The predicted molar refractivity (Wildman–Crippen MR) is 82.5 cm³/mol. The number of nitrogens with zero attached hydrogens (tertiary/aromatic N) is 1. The van der Waals surface area contributed by atoms with E-state index in [4.69, 9.17) is 0 Å². The molecule has 19 heavy (non-hydrogen) atoms. The van der Waals surface area contributed by atoms with E-state index in [1.54, 1.807) is 0 Å². The molecular formula is C18H20N+. The molecule has 96 valence electrons. The van der Waals surface area contributed by atoms with Gasteiger partial charge < -0.3 is 0 Å². The third-order valence-corrected chi connectivity index (χ3v) is 4.03. The molecule has 1 nitrogen and oxygen atoms in total. The summed E-state index contributed by atoms with van der Waals surface area (Å²) in [6.45, 7) is 6.64. The molecule has 0 fully saturated rings. The van der Waals surface area contributed by atoms with Gasteiger partial charge in [0.25, 0.3) is 0 Å². The van der Waals surface area contributed by atoms with Crippen LogP contribution in [0.15, 0.2) is 48.6 Å². The van der Waals surface area contributed by atoms with Gasteiger partial charge >= 0.3 is 0 Å². The predicted octanol–water partition coefficient (Wildman–Crippen LogP) is 4.66. The number of benzene rings is 2.